The van der Waals surface area contributed by atoms with Gasteiger partial charge in [0, 0.05) is 7.05 Å². The van der Waals surface area contributed by atoms with E-state index in [4.69, 9.17) is 4.74 Å². The van der Waals surface area contributed by atoms with Crippen LogP contribution in [0.3, 0.4) is 0 Å². The van der Waals surface area contributed by atoms with E-state index >= 15 is 0 Å². The Hall–Kier alpha value is -3.35. The molecule has 0 spiro atoms. The maximum atomic E-state index is 14.4. The molecule has 0 saturated carbocycles. The molecule has 29 heavy (non-hydrogen) atoms. The summed E-state index contributed by atoms with van der Waals surface area (Å²) in [6.45, 7) is 0. The van der Waals surface area contributed by atoms with E-state index in [2.05, 4.69) is 5.32 Å². The van der Waals surface area contributed by atoms with Crippen LogP contribution in [0.2, 0.25) is 0 Å². The Labute approximate surface area is 164 Å². The van der Waals surface area contributed by atoms with Gasteiger partial charge in [0.15, 0.2) is 5.76 Å². The van der Waals surface area contributed by atoms with Crippen molar-refractivity contribution in [3.05, 3.63) is 94.3 Å². The number of allylic oxidation sites excluding steroid dienone is 3. The standard InChI is InChI=1S/C22H15F4NO2/c1-27-21-19(13-6-4-7-14(9-13)22(24,25)26)20(28)18(29-21)11-16-15-8-3-2-5-12(15)10-17(16)23/h2-11,16,27H,1H3. The van der Waals surface area contributed by atoms with Gasteiger partial charge in [-0.3, -0.25) is 4.79 Å². The lowest BCUT2D eigenvalue weighted by Crippen LogP contribution is -2.09. The molecule has 0 saturated heterocycles. The zero-order chi connectivity index (χ0) is 20.8. The highest BCUT2D eigenvalue weighted by molar-refractivity contribution is 6.30. The van der Waals surface area contributed by atoms with Crippen molar-refractivity contribution < 1.29 is 27.1 Å². The third-order valence-corrected chi connectivity index (χ3v) is 4.84. The van der Waals surface area contributed by atoms with Crippen molar-refractivity contribution >= 4 is 17.4 Å². The number of rotatable bonds is 3. The fourth-order valence-electron chi connectivity index (χ4n) is 3.47. The second-order valence-electron chi connectivity index (χ2n) is 6.63. The van der Waals surface area contributed by atoms with E-state index in [0.29, 0.717) is 11.1 Å². The van der Waals surface area contributed by atoms with Crippen molar-refractivity contribution in [2.75, 3.05) is 7.05 Å². The van der Waals surface area contributed by atoms with E-state index in [1.54, 1.807) is 24.3 Å². The number of hydrogen-bond donors (Lipinski definition) is 1. The minimum atomic E-state index is -4.54. The number of ketones is 1. The van der Waals surface area contributed by atoms with Crippen molar-refractivity contribution in [1.29, 1.82) is 0 Å². The minimum Gasteiger partial charge on any atom is -0.437 e. The highest BCUT2D eigenvalue weighted by Crippen LogP contribution is 2.41. The van der Waals surface area contributed by atoms with Gasteiger partial charge in [0.2, 0.25) is 11.7 Å². The summed E-state index contributed by atoms with van der Waals surface area (Å²) in [5, 5.41) is 2.69. The van der Waals surface area contributed by atoms with Crippen LogP contribution >= 0.6 is 0 Å². The lowest BCUT2D eigenvalue weighted by atomic mass is 9.96. The van der Waals surface area contributed by atoms with Crippen LogP contribution < -0.4 is 5.32 Å². The predicted molar refractivity (Wildman–Crippen MR) is 99.9 cm³/mol. The third kappa shape index (κ3) is 3.33. The Kier molecular flexibility index (Phi) is 4.53. The molecule has 0 fully saturated rings. The SMILES string of the molecule is CNC1=C(c2cccc(C(F)(F)F)c2)C(=O)C(=CC2C(F)=Cc3ccccc32)O1. The number of fused-ring (bicyclic) bond motifs is 1. The number of alkyl halides is 3. The first-order valence-corrected chi connectivity index (χ1v) is 8.79. The van der Waals surface area contributed by atoms with Gasteiger partial charge in [0.1, 0.15) is 5.83 Å². The lowest BCUT2D eigenvalue weighted by molar-refractivity contribution is -0.137. The summed E-state index contributed by atoms with van der Waals surface area (Å²) in [6.07, 6.45) is -1.80. The van der Waals surface area contributed by atoms with Gasteiger partial charge in [-0.2, -0.15) is 13.2 Å². The number of halogens is 4. The second kappa shape index (κ2) is 6.92. The zero-order valence-electron chi connectivity index (χ0n) is 15.2. The number of carbonyl (C=O) groups excluding carboxylic acids is 1. The van der Waals surface area contributed by atoms with E-state index < -0.39 is 29.3 Å². The maximum absolute atomic E-state index is 14.4. The number of nitrogens with one attached hydrogen (secondary N) is 1. The predicted octanol–water partition coefficient (Wildman–Crippen LogP) is 5.18. The lowest BCUT2D eigenvalue weighted by Gasteiger charge is -2.09. The van der Waals surface area contributed by atoms with Crippen LogP contribution in [0, 0.1) is 0 Å². The monoisotopic (exact) mass is 401 g/mol. The Bertz CT molecular complexity index is 1100. The fraction of sp³-hybridized carbons (Fsp3) is 0.136. The Balaban J connectivity index is 1.72. The number of carbonyl (C=O) groups is 1. The van der Waals surface area contributed by atoms with Crippen LogP contribution in [0.25, 0.3) is 11.6 Å². The van der Waals surface area contributed by atoms with E-state index in [1.165, 1.54) is 31.3 Å². The summed E-state index contributed by atoms with van der Waals surface area (Å²) in [6, 6.07) is 11.5. The van der Waals surface area contributed by atoms with Gasteiger partial charge in [0.25, 0.3) is 0 Å². The molecule has 1 heterocycles. The molecule has 0 radical (unpaired) electrons. The van der Waals surface area contributed by atoms with Crippen molar-refractivity contribution in [2.24, 2.45) is 0 Å². The minimum absolute atomic E-state index is 0.0243. The van der Waals surface area contributed by atoms with Gasteiger partial charge in [-0.05, 0) is 41.0 Å². The van der Waals surface area contributed by atoms with E-state index in [-0.39, 0.29) is 22.8 Å². The largest absolute Gasteiger partial charge is 0.437 e. The molecule has 1 aliphatic carbocycles. The number of ether oxygens (including phenoxy) is 1. The van der Waals surface area contributed by atoms with Crippen LogP contribution in [0.5, 0.6) is 0 Å². The van der Waals surface area contributed by atoms with E-state index in [9.17, 15) is 22.4 Å². The molecule has 7 heteroatoms. The van der Waals surface area contributed by atoms with Crippen LogP contribution in [-0.4, -0.2) is 12.8 Å². The molecule has 4 rings (SSSR count). The normalized spacial score (nSPS) is 20.0. The molecule has 3 nitrogen and oxygen atoms in total. The Morgan fingerprint density at radius 1 is 1.10 bits per heavy atom. The van der Waals surface area contributed by atoms with Crippen LogP contribution in [-0.2, 0) is 15.7 Å². The highest BCUT2D eigenvalue weighted by atomic mass is 19.4. The Morgan fingerprint density at radius 2 is 1.86 bits per heavy atom. The molecule has 0 amide bonds. The summed E-state index contributed by atoms with van der Waals surface area (Å²) in [5.41, 5.74) is 0.562. The van der Waals surface area contributed by atoms with Gasteiger partial charge in [0.05, 0.1) is 17.1 Å². The van der Waals surface area contributed by atoms with Crippen molar-refractivity contribution in [2.45, 2.75) is 12.1 Å². The van der Waals surface area contributed by atoms with E-state index in [0.717, 1.165) is 12.1 Å². The summed E-state index contributed by atoms with van der Waals surface area (Å²) in [5.74, 6) is -1.94. The number of hydrogen-bond acceptors (Lipinski definition) is 3. The van der Waals surface area contributed by atoms with Crippen molar-refractivity contribution in [1.82, 2.24) is 5.32 Å². The molecule has 1 aliphatic heterocycles. The maximum Gasteiger partial charge on any atom is 0.416 e. The summed E-state index contributed by atoms with van der Waals surface area (Å²) in [4.78, 5) is 12.9. The zero-order valence-corrected chi connectivity index (χ0v) is 15.2. The first kappa shape index (κ1) is 19.0. The summed E-state index contributed by atoms with van der Waals surface area (Å²) in [7, 11) is 1.49. The quantitative estimate of drug-likeness (QED) is 0.569. The average Bonchev–Trinajstić information content (AvgIpc) is 3.18. The third-order valence-electron chi connectivity index (χ3n) is 4.84. The molecule has 1 atom stereocenters. The number of benzene rings is 2. The topological polar surface area (TPSA) is 38.3 Å². The van der Waals surface area contributed by atoms with Crippen LogP contribution in [0.4, 0.5) is 17.6 Å². The van der Waals surface area contributed by atoms with Gasteiger partial charge in [-0.15, -0.1) is 0 Å². The van der Waals surface area contributed by atoms with Gasteiger partial charge >= 0.3 is 6.18 Å². The molecule has 0 aromatic heterocycles. The average molecular weight is 401 g/mol. The van der Waals surface area contributed by atoms with Gasteiger partial charge in [-0.25, -0.2) is 4.39 Å². The first-order chi connectivity index (χ1) is 13.8. The molecule has 1 unspecified atom stereocenters. The van der Waals surface area contributed by atoms with Crippen LogP contribution in [0.15, 0.2) is 72.1 Å². The molecule has 2 aromatic rings. The van der Waals surface area contributed by atoms with Gasteiger partial charge in [-0.1, -0.05) is 36.4 Å². The second-order valence-corrected chi connectivity index (χ2v) is 6.63. The van der Waals surface area contributed by atoms with Crippen molar-refractivity contribution in [3.8, 4) is 0 Å². The molecule has 0 bridgehead atoms. The van der Waals surface area contributed by atoms with Gasteiger partial charge < -0.3 is 10.1 Å². The Morgan fingerprint density at radius 3 is 2.59 bits per heavy atom. The molecule has 2 aliphatic rings. The highest BCUT2D eigenvalue weighted by Gasteiger charge is 2.36. The smallest absolute Gasteiger partial charge is 0.416 e. The van der Waals surface area contributed by atoms with Crippen molar-refractivity contribution in [3.63, 3.8) is 0 Å². The molecule has 148 valence electrons. The summed E-state index contributed by atoms with van der Waals surface area (Å²) >= 11 is 0. The molecule has 2 aromatic carbocycles. The number of Topliss-reactive ketones (excluding diaryl/α,β-unsaturated/α-hetero) is 1. The first-order valence-electron chi connectivity index (χ1n) is 8.79. The van der Waals surface area contributed by atoms with E-state index in [1.807, 2.05) is 0 Å². The summed E-state index contributed by atoms with van der Waals surface area (Å²) < 4.78 is 59.2. The molecular formula is C22H15F4NO2. The van der Waals surface area contributed by atoms with Crippen LogP contribution in [0.1, 0.15) is 28.2 Å². The molecular weight excluding hydrogens is 386 g/mol. The fourth-order valence-corrected chi connectivity index (χ4v) is 3.47. The molecule has 1 N–H and O–H groups in total.